The smallest absolute Gasteiger partial charge is 0.181 e. The van der Waals surface area contributed by atoms with E-state index in [0.29, 0.717) is 10.8 Å². The van der Waals surface area contributed by atoms with E-state index < -0.39 is 9.84 Å². The Hall–Kier alpha value is -0.830. The highest BCUT2D eigenvalue weighted by Crippen LogP contribution is 2.27. The number of hydrogen-bond donors (Lipinski definition) is 0. The van der Waals surface area contributed by atoms with Crippen LogP contribution in [0.15, 0.2) is 35.2 Å². The molecule has 0 fully saturated rings. The summed E-state index contributed by atoms with van der Waals surface area (Å²) in [5.41, 5.74) is 0. The predicted molar refractivity (Wildman–Crippen MR) is 122 cm³/mol. The molecular formula is C25H44O2S. The Bertz CT molecular complexity index is 594. The fourth-order valence-corrected chi connectivity index (χ4v) is 5.89. The molecule has 1 aromatic carbocycles. The monoisotopic (exact) mass is 408 g/mol. The molecule has 3 heteroatoms. The lowest BCUT2D eigenvalue weighted by atomic mass is 9.96. The summed E-state index contributed by atoms with van der Waals surface area (Å²) in [4.78, 5) is 0.490. The summed E-state index contributed by atoms with van der Waals surface area (Å²) in [5.74, 6) is 1.31. The van der Waals surface area contributed by atoms with Crippen molar-refractivity contribution in [2.75, 3.05) is 0 Å². The highest BCUT2D eigenvalue weighted by atomic mass is 32.2. The molecule has 0 aliphatic rings. The maximum atomic E-state index is 13.1. The Balaban J connectivity index is 2.43. The van der Waals surface area contributed by atoms with E-state index in [9.17, 15) is 8.42 Å². The average Bonchev–Trinajstić information content (AvgIpc) is 2.70. The molecule has 0 saturated heterocycles. The standard InChI is InChI=1S/C25H44O2S/c1-5-7-16-23(4)17-12-9-8-10-13-20-25(21-22(3)6-2)28(26,27)24-18-14-11-15-19-24/h11,14-15,18-19,22-23,25H,5-10,12-13,16-17,20-21H2,1-4H3/t22-,23+,25-/m0/s1. The van der Waals surface area contributed by atoms with E-state index in [-0.39, 0.29) is 5.25 Å². The summed E-state index contributed by atoms with van der Waals surface area (Å²) in [7, 11) is -3.22. The Morgan fingerprint density at radius 3 is 1.93 bits per heavy atom. The number of benzene rings is 1. The average molecular weight is 409 g/mol. The van der Waals surface area contributed by atoms with Gasteiger partial charge in [-0.2, -0.15) is 0 Å². The van der Waals surface area contributed by atoms with Crippen molar-refractivity contribution >= 4 is 9.84 Å². The Labute approximate surface area is 175 Å². The molecule has 0 aliphatic heterocycles. The normalized spacial score (nSPS) is 15.3. The van der Waals surface area contributed by atoms with Crippen LogP contribution >= 0.6 is 0 Å². The lowest BCUT2D eigenvalue weighted by Gasteiger charge is -2.21. The van der Waals surface area contributed by atoms with Crippen LogP contribution in [0.1, 0.15) is 105 Å². The molecule has 0 aromatic heterocycles. The van der Waals surface area contributed by atoms with Gasteiger partial charge in [-0.05, 0) is 36.8 Å². The molecule has 3 atom stereocenters. The van der Waals surface area contributed by atoms with E-state index in [2.05, 4.69) is 27.7 Å². The molecule has 162 valence electrons. The lowest BCUT2D eigenvalue weighted by Crippen LogP contribution is -2.24. The Morgan fingerprint density at radius 2 is 1.32 bits per heavy atom. The Kier molecular flexibility index (Phi) is 12.8. The van der Waals surface area contributed by atoms with E-state index in [1.54, 1.807) is 12.1 Å². The second-order valence-electron chi connectivity index (χ2n) is 8.82. The molecule has 28 heavy (non-hydrogen) atoms. The van der Waals surface area contributed by atoms with Crippen LogP contribution in [-0.2, 0) is 9.84 Å². The summed E-state index contributed by atoms with van der Waals surface area (Å²) in [6.45, 7) is 8.97. The fourth-order valence-electron chi connectivity index (χ4n) is 3.91. The van der Waals surface area contributed by atoms with Crippen LogP contribution in [0.5, 0.6) is 0 Å². The second kappa shape index (κ2) is 14.2. The summed E-state index contributed by atoms with van der Waals surface area (Å²) in [5, 5.41) is -0.237. The molecule has 1 rings (SSSR count). The van der Waals surface area contributed by atoms with Gasteiger partial charge in [0.05, 0.1) is 10.1 Å². The first kappa shape index (κ1) is 25.2. The minimum atomic E-state index is -3.22. The molecule has 0 heterocycles. The van der Waals surface area contributed by atoms with Crippen LogP contribution in [0.3, 0.4) is 0 Å². The zero-order chi connectivity index (χ0) is 20.8. The van der Waals surface area contributed by atoms with Crippen LogP contribution in [0.2, 0.25) is 0 Å². The largest absolute Gasteiger partial charge is 0.223 e. The SMILES string of the molecule is CCCC[C@@H](C)CCCCCCC[C@@H](C[C@@H](C)CC)S(=O)(=O)c1ccccc1. The van der Waals surface area contributed by atoms with Gasteiger partial charge in [-0.1, -0.05) is 110 Å². The van der Waals surface area contributed by atoms with Crippen molar-refractivity contribution in [1.82, 2.24) is 0 Å². The predicted octanol–water partition coefficient (Wildman–Crippen LogP) is 7.82. The van der Waals surface area contributed by atoms with Gasteiger partial charge in [0.25, 0.3) is 0 Å². The quantitative estimate of drug-likeness (QED) is 0.261. The molecule has 2 nitrogen and oxygen atoms in total. The molecule has 0 spiro atoms. The Morgan fingerprint density at radius 1 is 0.750 bits per heavy atom. The van der Waals surface area contributed by atoms with E-state index >= 15 is 0 Å². The maximum Gasteiger partial charge on any atom is 0.181 e. The van der Waals surface area contributed by atoms with Crippen molar-refractivity contribution in [2.45, 2.75) is 115 Å². The van der Waals surface area contributed by atoms with Crippen molar-refractivity contribution in [3.63, 3.8) is 0 Å². The summed E-state index contributed by atoms with van der Waals surface area (Å²) in [6.07, 6.45) is 14.0. The van der Waals surface area contributed by atoms with Gasteiger partial charge in [-0.15, -0.1) is 0 Å². The number of hydrogen-bond acceptors (Lipinski definition) is 2. The van der Waals surface area contributed by atoms with Crippen molar-refractivity contribution < 1.29 is 8.42 Å². The zero-order valence-corrected chi connectivity index (χ0v) is 19.6. The minimum Gasteiger partial charge on any atom is -0.223 e. The molecule has 0 aliphatic carbocycles. The summed E-state index contributed by atoms with van der Waals surface area (Å²) in [6, 6.07) is 9.03. The van der Waals surface area contributed by atoms with Crippen molar-refractivity contribution in [2.24, 2.45) is 11.8 Å². The number of rotatable bonds is 16. The van der Waals surface area contributed by atoms with E-state index in [1.807, 2.05) is 18.2 Å². The van der Waals surface area contributed by atoms with Crippen LogP contribution in [-0.4, -0.2) is 13.7 Å². The summed E-state index contributed by atoms with van der Waals surface area (Å²) < 4.78 is 26.2. The molecule has 0 radical (unpaired) electrons. The van der Waals surface area contributed by atoms with Crippen LogP contribution in [0.4, 0.5) is 0 Å². The maximum absolute atomic E-state index is 13.1. The molecule has 0 unspecified atom stereocenters. The van der Waals surface area contributed by atoms with Gasteiger partial charge in [0, 0.05) is 0 Å². The zero-order valence-electron chi connectivity index (χ0n) is 18.8. The third kappa shape index (κ3) is 9.58. The highest BCUT2D eigenvalue weighted by molar-refractivity contribution is 7.92. The molecule has 0 bridgehead atoms. The molecule has 0 N–H and O–H groups in total. The van der Waals surface area contributed by atoms with Crippen molar-refractivity contribution in [1.29, 1.82) is 0 Å². The first-order valence-corrected chi connectivity index (χ1v) is 13.2. The van der Waals surface area contributed by atoms with E-state index in [1.165, 1.54) is 44.9 Å². The lowest BCUT2D eigenvalue weighted by molar-refractivity contribution is 0.435. The number of unbranched alkanes of at least 4 members (excludes halogenated alkanes) is 5. The third-order valence-corrected chi connectivity index (χ3v) is 8.38. The van der Waals surface area contributed by atoms with Gasteiger partial charge in [0.1, 0.15) is 0 Å². The van der Waals surface area contributed by atoms with E-state index in [4.69, 9.17) is 0 Å². The highest BCUT2D eigenvalue weighted by Gasteiger charge is 2.28. The minimum absolute atomic E-state index is 0.237. The molecule has 0 saturated carbocycles. The van der Waals surface area contributed by atoms with Gasteiger partial charge in [-0.3, -0.25) is 0 Å². The van der Waals surface area contributed by atoms with Crippen LogP contribution in [0, 0.1) is 11.8 Å². The van der Waals surface area contributed by atoms with E-state index in [0.717, 1.165) is 38.0 Å². The van der Waals surface area contributed by atoms with Gasteiger partial charge < -0.3 is 0 Å². The van der Waals surface area contributed by atoms with Crippen LogP contribution in [0.25, 0.3) is 0 Å². The van der Waals surface area contributed by atoms with Crippen molar-refractivity contribution in [3.05, 3.63) is 30.3 Å². The second-order valence-corrected chi connectivity index (χ2v) is 11.0. The van der Waals surface area contributed by atoms with Gasteiger partial charge in [0.2, 0.25) is 0 Å². The van der Waals surface area contributed by atoms with Crippen molar-refractivity contribution in [3.8, 4) is 0 Å². The third-order valence-electron chi connectivity index (χ3n) is 6.15. The van der Waals surface area contributed by atoms with Gasteiger partial charge in [0.15, 0.2) is 9.84 Å². The molecule has 0 amide bonds. The summed E-state index contributed by atoms with van der Waals surface area (Å²) >= 11 is 0. The fraction of sp³-hybridized carbons (Fsp3) is 0.760. The molecule has 1 aromatic rings. The topological polar surface area (TPSA) is 34.1 Å². The number of sulfone groups is 1. The van der Waals surface area contributed by atoms with Gasteiger partial charge in [-0.25, -0.2) is 8.42 Å². The van der Waals surface area contributed by atoms with Crippen LogP contribution < -0.4 is 0 Å². The van der Waals surface area contributed by atoms with Gasteiger partial charge >= 0.3 is 0 Å². The molecular weight excluding hydrogens is 364 g/mol. The first-order valence-electron chi connectivity index (χ1n) is 11.7. The first-order chi connectivity index (χ1) is 13.4.